The Morgan fingerprint density at radius 2 is 1.00 bits per heavy atom. The number of methoxy groups -OCH3 is 2. The number of hydrogen-bond acceptors (Lipinski definition) is 14. The first-order chi connectivity index (χ1) is 19.7. The summed E-state index contributed by atoms with van der Waals surface area (Å²) in [6.07, 6.45) is 0. The lowest BCUT2D eigenvalue weighted by molar-refractivity contribution is 0.413. The molecule has 0 atom stereocenters. The molecule has 2 aromatic heterocycles. The van der Waals surface area contributed by atoms with Crippen molar-refractivity contribution in [1.82, 2.24) is 29.9 Å². The van der Waals surface area contributed by atoms with Gasteiger partial charge in [0.05, 0.1) is 25.6 Å². The third-order valence-electron chi connectivity index (χ3n) is 4.90. The zero-order valence-corrected chi connectivity index (χ0v) is 27.4. The molecule has 0 amide bonds. The van der Waals surface area contributed by atoms with Crippen LogP contribution in [0.4, 0.5) is 35.2 Å². The first kappa shape index (κ1) is 32.6. The third-order valence-corrected chi connectivity index (χ3v) is 8.36. The lowest BCUT2D eigenvalue weighted by Crippen LogP contribution is -2.13. The highest BCUT2D eigenvalue weighted by Crippen LogP contribution is 2.47. The number of rotatable bonds is 9. The van der Waals surface area contributed by atoms with Crippen molar-refractivity contribution in [2.24, 2.45) is 0 Å². The number of nitrogen functional groups attached to an aromatic ring is 2. The van der Waals surface area contributed by atoms with E-state index in [2.05, 4.69) is 40.5 Å². The highest BCUT2D eigenvalue weighted by Gasteiger charge is 2.29. The molecule has 4 rings (SSSR count). The number of alkyl halides is 6. The highest BCUT2D eigenvalue weighted by molar-refractivity contribution is 8.76. The van der Waals surface area contributed by atoms with Crippen LogP contribution in [0.2, 0.25) is 0 Å². The van der Waals surface area contributed by atoms with Crippen molar-refractivity contribution in [3.63, 3.8) is 0 Å². The van der Waals surface area contributed by atoms with Crippen LogP contribution in [0, 0.1) is 0 Å². The molecule has 0 aliphatic heterocycles. The van der Waals surface area contributed by atoms with Crippen molar-refractivity contribution in [2.45, 2.75) is 17.4 Å². The van der Waals surface area contributed by atoms with Gasteiger partial charge in [-0.25, -0.2) is 0 Å². The second-order valence-corrected chi connectivity index (χ2v) is 14.6. The van der Waals surface area contributed by atoms with Crippen LogP contribution in [-0.4, -0.2) is 44.1 Å². The molecule has 4 aromatic rings. The number of halogens is 6. The van der Waals surface area contributed by atoms with Crippen molar-refractivity contribution in [1.29, 1.82) is 0 Å². The lowest BCUT2D eigenvalue weighted by Gasteiger charge is -2.16. The summed E-state index contributed by atoms with van der Waals surface area (Å²) in [5, 5.41) is 6.18. The van der Waals surface area contributed by atoms with Gasteiger partial charge in [-0.05, 0) is 36.4 Å². The van der Waals surface area contributed by atoms with Crippen LogP contribution < -0.4 is 31.6 Å². The van der Waals surface area contributed by atoms with E-state index in [1.807, 2.05) is 12.1 Å². The van der Waals surface area contributed by atoms with Crippen LogP contribution >= 0.6 is 91.2 Å². The third kappa shape index (κ3) is 8.63. The maximum absolute atomic E-state index is 5.95. The fourth-order valence-corrected chi connectivity index (χ4v) is 5.88. The summed E-state index contributed by atoms with van der Waals surface area (Å²) in [7, 11) is 5.86. The second-order valence-electron chi connectivity index (χ2n) is 7.82. The van der Waals surface area contributed by atoms with Crippen molar-refractivity contribution in [3.05, 3.63) is 48.0 Å². The highest BCUT2D eigenvalue weighted by atomic mass is 35.6. The minimum atomic E-state index is -1.90. The van der Waals surface area contributed by atoms with Crippen LogP contribution in [-0.2, 0) is 7.59 Å². The van der Waals surface area contributed by atoms with Gasteiger partial charge in [0.25, 0.3) is 0 Å². The standard InChI is InChI=1S/C22H18Cl6N10O2S2/c1-39-9-3-5-11(31-19-35-15(21(23,24)25)33-17(29)37-19)13(7-9)41-42-14-8-10(40-2)4-6-12(14)32-20-36-16(22(26,27)28)34-18(30)38-20/h3-8H,1-2H3,(H3,29,31,33,35,37)(H3,30,32,34,36,38). The average Bonchev–Trinajstić information content (AvgIpc) is 2.91. The van der Waals surface area contributed by atoms with E-state index in [9.17, 15) is 0 Å². The molecule has 0 unspecified atom stereocenters. The van der Waals surface area contributed by atoms with Crippen LogP contribution in [0.5, 0.6) is 11.5 Å². The van der Waals surface area contributed by atoms with E-state index in [-0.39, 0.29) is 35.4 Å². The summed E-state index contributed by atoms with van der Waals surface area (Å²) in [6.45, 7) is 0. The summed E-state index contributed by atoms with van der Waals surface area (Å²) >= 11 is 35.7. The Labute approximate surface area is 277 Å². The first-order valence-electron chi connectivity index (χ1n) is 11.2. The first-order valence-corrected chi connectivity index (χ1v) is 15.6. The average molecular weight is 731 g/mol. The molecule has 0 bridgehead atoms. The topological polar surface area (TPSA) is 172 Å². The Bertz CT molecular complexity index is 1480. The molecule has 222 valence electrons. The molecule has 2 aromatic carbocycles. The van der Waals surface area contributed by atoms with Crippen molar-refractivity contribution in [2.75, 3.05) is 36.3 Å². The predicted molar refractivity (Wildman–Crippen MR) is 171 cm³/mol. The number of ether oxygens (including phenoxy) is 2. The molecule has 20 heteroatoms. The van der Waals surface area contributed by atoms with Crippen LogP contribution in [0.25, 0.3) is 0 Å². The van der Waals surface area contributed by atoms with E-state index in [0.717, 1.165) is 9.79 Å². The monoisotopic (exact) mass is 728 g/mol. The van der Waals surface area contributed by atoms with Gasteiger partial charge in [-0.3, -0.25) is 0 Å². The van der Waals surface area contributed by atoms with Crippen LogP contribution in [0.15, 0.2) is 46.2 Å². The molecule has 0 aliphatic carbocycles. The van der Waals surface area contributed by atoms with Gasteiger partial charge in [0.15, 0.2) is 11.6 Å². The van der Waals surface area contributed by atoms with Crippen LogP contribution in [0.3, 0.4) is 0 Å². The Morgan fingerprint density at radius 1 is 0.619 bits per heavy atom. The molecule has 42 heavy (non-hydrogen) atoms. The Kier molecular flexibility index (Phi) is 10.5. The van der Waals surface area contributed by atoms with E-state index in [1.54, 1.807) is 38.5 Å². The molecule has 0 saturated carbocycles. The van der Waals surface area contributed by atoms with E-state index in [4.69, 9.17) is 90.5 Å². The SMILES string of the molecule is COc1ccc(Nc2nc(N)nc(C(Cl)(Cl)Cl)n2)c(SSc2cc(OC)ccc2Nc2nc(N)nc(C(Cl)(Cl)Cl)n2)c1. The molecule has 12 nitrogen and oxygen atoms in total. The Hall–Kier alpha value is -2.30. The van der Waals surface area contributed by atoms with Crippen LogP contribution in [0.1, 0.15) is 11.6 Å². The minimum Gasteiger partial charge on any atom is -0.497 e. The van der Waals surface area contributed by atoms with E-state index in [1.165, 1.54) is 21.6 Å². The lowest BCUT2D eigenvalue weighted by atomic mass is 10.3. The van der Waals surface area contributed by atoms with Gasteiger partial charge in [0, 0.05) is 9.79 Å². The van der Waals surface area contributed by atoms with Gasteiger partial charge in [0.2, 0.25) is 31.4 Å². The van der Waals surface area contributed by atoms with Gasteiger partial charge in [-0.15, -0.1) is 0 Å². The maximum Gasteiger partial charge on any atom is 0.250 e. The number of anilines is 6. The Morgan fingerprint density at radius 3 is 1.33 bits per heavy atom. The largest absolute Gasteiger partial charge is 0.497 e. The summed E-state index contributed by atoms with van der Waals surface area (Å²) in [6, 6.07) is 10.7. The minimum absolute atomic E-state index is 0.0711. The van der Waals surface area contributed by atoms with E-state index < -0.39 is 7.59 Å². The molecule has 0 radical (unpaired) electrons. The molecule has 0 aliphatic rings. The number of nitrogens with two attached hydrogens (primary N) is 2. The number of nitrogens with one attached hydrogen (secondary N) is 2. The molecule has 6 N–H and O–H groups in total. The molecule has 0 saturated heterocycles. The number of hydrogen-bond donors (Lipinski definition) is 4. The van der Waals surface area contributed by atoms with Crippen molar-refractivity contribution in [3.8, 4) is 11.5 Å². The number of nitrogens with zero attached hydrogens (tertiary/aromatic N) is 6. The molecule has 0 fully saturated rings. The normalized spacial score (nSPS) is 11.7. The van der Waals surface area contributed by atoms with Crippen molar-refractivity contribution >= 4 is 126 Å². The quantitative estimate of drug-likeness (QED) is 0.101. The van der Waals surface area contributed by atoms with Gasteiger partial charge < -0.3 is 31.6 Å². The van der Waals surface area contributed by atoms with Gasteiger partial charge in [-0.2, -0.15) is 29.9 Å². The summed E-state index contributed by atoms with van der Waals surface area (Å²) in [5.74, 6) is 0.815. The molecule has 0 spiro atoms. The Balaban J connectivity index is 1.65. The second kappa shape index (κ2) is 13.6. The summed E-state index contributed by atoms with van der Waals surface area (Å²) < 4.78 is 7.04. The molecule has 2 heterocycles. The summed E-state index contributed by atoms with van der Waals surface area (Å²) in [4.78, 5) is 25.8. The van der Waals surface area contributed by atoms with Crippen molar-refractivity contribution < 1.29 is 9.47 Å². The number of benzene rings is 2. The fourth-order valence-electron chi connectivity index (χ4n) is 3.08. The fraction of sp³-hybridized carbons (Fsp3) is 0.182. The molecular weight excluding hydrogens is 713 g/mol. The van der Waals surface area contributed by atoms with Gasteiger partial charge in [-0.1, -0.05) is 91.2 Å². The number of aromatic nitrogens is 6. The molecular formula is C22H18Cl6N10O2S2. The predicted octanol–water partition coefficient (Wildman–Crippen LogP) is 7.18. The van der Waals surface area contributed by atoms with Gasteiger partial charge >= 0.3 is 0 Å². The maximum atomic E-state index is 5.95. The van der Waals surface area contributed by atoms with E-state index >= 15 is 0 Å². The zero-order valence-electron chi connectivity index (χ0n) is 21.2. The summed E-state index contributed by atoms with van der Waals surface area (Å²) in [5.41, 5.74) is 12.8. The van der Waals surface area contributed by atoms with E-state index in [0.29, 0.717) is 22.9 Å². The zero-order chi connectivity index (χ0) is 30.7. The smallest absolute Gasteiger partial charge is 0.250 e. The van der Waals surface area contributed by atoms with Gasteiger partial charge in [0.1, 0.15) is 11.5 Å².